The zero-order chi connectivity index (χ0) is 17.1. The minimum atomic E-state index is 0.0557. The zero-order valence-corrected chi connectivity index (χ0v) is 14.0. The van der Waals surface area contributed by atoms with E-state index in [4.69, 9.17) is 0 Å². The van der Waals surface area contributed by atoms with E-state index in [-0.39, 0.29) is 5.91 Å². The lowest BCUT2D eigenvalue weighted by Gasteiger charge is -2.33. The number of amides is 1. The van der Waals surface area contributed by atoms with Gasteiger partial charge >= 0.3 is 0 Å². The van der Waals surface area contributed by atoms with Gasteiger partial charge in [0.2, 0.25) is 0 Å². The number of aromatic nitrogens is 3. The number of likely N-dealkylation sites (tertiary alicyclic amines) is 1. The molecule has 3 aromatic rings. The molecule has 1 atom stereocenters. The molecule has 0 bridgehead atoms. The van der Waals surface area contributed by atoms with Gasteiger partial charge in [0.1, 0.15) is 5.82 Å². The molecule has 5 heteroatoms. The minimum absolute atomic E-state index is 0.0557. The first-order valence-electron chi connectivity index (χ1n) is 8.60. The van der Waals surface area contributed by atoms with Crippen molar-refractivity contribution in [2.24, 2.45) is 0 Å². The molecule has 5 nitrogen and oxygen atoms in total. The van der Waals surface area contributed by atoms with Gasteiger partial charge in [-0.15, -0.1) is 0 Å². The van der Waals surface area contributed by atoms with Crippen LogP contribution in [0.25, 0.3) is 5.82 Å². The highest BCUT2D eigenvalue weighted by Crippen LogP contribution is 2.27. The smallest absolute Gasteiger partial charge is 0.255 e. The highest BCUT2D eigenvalue weighted by molar-refractivity contribution is 5.94. The molecule has 0 spiro atoms. The molecule has 1 aliphatic rings. The van der Waals surface area contributed by atoms with E-state index >= 15 is 0 Å². The molecule has 126 valence electrons. The second-order valence-corrected chi connectivity index (χ2v) is 6.37. The molecular formula is C20H20N4O. The molecule has 1 saturated heterocycles. The molecule has 0 aromatic carbocycles. The van der Waals surface area contributed by atoms with Crippen molar-refractivity contribution in [3.63, 3.8) is 0 Å². The average molecular weight is 332 g/mol. The number of hydrogen-bond donors (Lipinski definition) is 0. The van der Waals surface area contributed by atoms with Crippen LogP contribution in [-0.2, 0) is 0 Å². The Morgan fingerprint density at radius 2 is 1.96 bits per heavy atom. The summed E-state index contributed by atoms with van der Waals surface area (Å²) in [7, 11) is 0. The molecule has 1 unspecified atom stereocenters. The summed E-state index contributed by atoms with van der Waals surface area (Å²) >= 11 is 0. The minimum Gasteiger partial charge on any atom is -0.338 e. The Balaban J connectivity index is 1.48. The molecule has 0 saturated carbocycles. The summed E-state index contributed by atoms with van der Waals surface area (Å²) in [4.78, 5) is 23.4. The van der Waals surface area contributed by atoms with Crippen LogP contribution < -0.4 is 0 Å². The van der Waals surface area contributed by atoms with Crippen LogP contribution in [0.1, 0.15) is 34.7 Å². The Morgan fingerprint density at radius 1 is 1.08 bits per heavy atom. The van der Waals surface area contributed by atoms with E-state index in [0.717, 1.165) is 31.7 Å². The van der Waals surface area contributed by atoms with Gasteiger partial charge in [0.25, 0.3) is 5.91 Å². The Labute approximate surface area is 147 Å². The van der Waals surface area contributed by atoms with Crippen molar-refractivity contribution in [1.29, 1.82) is 0 Å². The maximum atomic E-state index is 12.8. The van der Waals surface area contributed by atoms with Crippen LogP contribution in [0.2, 0.25) is 0 Å². The largest absolute Gasteiger partial charge is 0.338 e. The third-order valence-corrected chi connectivity index (χ3v) is 4.73. The lowest BCUT2D eigenvalue weighted by atomic mass is 9.91. The van der Waals surface area contributed by atoms with Gasteiger partial charge in [-0.25, -0.2) is 4.98 Å². The lowest BCUT2D eigenvalue weighted by molar-refractivity contribution is 0.0706. The summed E-state index contributed by atoms with van der Waals surface area (Å²) in [6.07, 6.45) is 11.4. The Bertz CT molecular complexity index is 828. The van der Waals surface area contributed by atoms with Gasteiger partial charge in [0.05, 0.1) is 5.56 Å². The van der Waals surface area contributed by atoms with Crippen molar-refractivity contribution in [3.05, 3.63) is 78.5 Å². The van der Waals surface area contributed by atoms with Crippen molar-refractivity contribution in [2.45, 2.75) is 18.8 Å². The van der Waals surface area contributed by atoms with Gasteiger partial charge in [-0.2, -0.15) is 0 Å². The van der Waals surface area contributed by atoms with Gasteiger partial charge in [-0.3, -0.25) is 9.78 Å². The van der Waals surface area contributed by atoms with Gasteiger partial charge < -0.3 is 9.47 Å². The van der Waals surface area contributed by atoms with Crippen LogP contribution in [-0.4, -0.2) is 38.4 Å². The van der Waals surface area contributed by atoms with Crippen LogP contribution >= 0.6 is 0 Å². The first-order valence-corrected chi connectivity index (χ1v) is 8.60. The molecule has 0 radical (unpaired) electrons. The summed E-state index contributed by atoms with van der Waals surface area (Å²) in [5.41, 5.74) is 1.85. The number of carbonyl (C=O) groups excluding carboxylic acids is 1. The SMILES string of the molecule is O=C(c1ccc(-n2cccc2)nc1)N1CCCC(c2cccnc2)C1. The molecule has 0 aliphatic carbocycles. The maximum absolute atomic E-state index is 12.8. The zero-order valence-electron chi connectivity index (χ0n) is 14.0. The fraction of sp³-hybridized carbons (Fsp3) is 0.250. The van der Waals surface area contributed by atoms with E-state index in [1.54, 1.807) is 12.4 Å². The van der Waals surface area contributed by atoms with E-state index < -0.39 is 0 Å². The standard InChI is InChI=1S/C20H20N4O/c25-20(17-7-8-19(22-14-17)23-10-1-2-11-23)24-12-4-6-18(15-24)16-5-3-9-21-13-16/h1-3,5,7-11,13-14,18H,4,6,12,15H2. The first-order chi connectivity index (χ1) is 12.3. The highest BCUT2D eigenvalue weighted by Gasteiger charge is 2.25. The van der Waals surface area contributed by atoms with Crippen LogP contribution in [0.15, 0.2) is 67.4 Å². The van der Waals surface area contributed by atoms with E-state index in [0.29, 0.717) is 11.5 Å². The van der Waals surface area contributed by atoms with Gasteiger partial charge in [-0.05, 0) is 48.7 Å². The van der Waals surface area contributed by atoms with Crippen LogP contribution in [0.4, 0.5) is 0 Å². The van der Waals surface area contributed by atoms with Crippen LogP contribution in [0, 0.1) is 0 Å². The fourth-order valence-electron chi connectivity index (χ4n) is 3.39. The third kappa shape index (κ3) is 3.31. The summed E-state index contributed by atoms with van der Waals surface area (Å²) in [6.45, 7) is 1.54. The third-order valence-electron chi connectivity index (χ3n) is 4.73. The van der Waals surface area contributed by atoms with Gasteiger partial charge in [0, 0.05) is 50.0 Å². The van der Waals surface area contributed by atoms with Crippen molar-refractivity contribution in [1.82, 2.24) is 19.4 Å². The number of rotatable bonds is 3. The second kappa shape index (κ2) is 6.89. The number of nitrogens with zero attached hydrogens (tertiary/aromatic N) is 4. The second-order valence-electron chi connectivity index (χ2n) is 6.37. The van der Waals surface area contributed by atoms with Crippen molar-refractivity contribution in [2.75, 3.05) is 13.1 Å². The van der Waals surface area contributed by atoms with Crippen LogP contribution in [0.3, 0.4) is 0 Å². The molecule has 4 rings (SSSR count). The predicted octanol–water partition coefficient (Wildman–Crippen LogP) is 3.29. The van der Waals surface area contributed by atoms with E-state index in [2.05, 4.69) is 16.0 Å². The van der Waals surface area contributed by atoms with Gasteiger partial charge in [-0.1, -0.05) is 6.07 Å². The molecule has 25 heavy (non-hydrogen) atoms. The quantitative estimate of drug-likeness (QED) is 0.739. The Hall–Kier alpha value is -2.95. The first kappa shape index (κ1) is 15.6. The molecule has 4 heterocycles. The summed E-state index contributed by atoms with van der Waals surface area (Å²) in [5.74, 6) is 1.23. The van der Waals surface area contributed by atoms with Gasteiger partial charge in [0.15, 0.2) is 0 Å². The molecule has 1 fully saturated rings. The Morgan fingerprint density at radius 3 is 2.68 bits per heavy atom. The van der Waals surface area contributed by atoms with Crippen molar-refractivity contribution >= 4 is 5.91 Å². The van der Waals surface area contributed by atoms with E-state index in [1.165, 1.54) is 5.56 Å². The summed E-state index contributed by atoms with van der Waals surface area (Å²) < 4.78 is 1.92. The highest BCUT2D eigenvalue weighted by atomic mass is 16.2. The fourth-order valence-corrected chi connectivity index (χ4v) is 3.39. The molecule has 3 aromatic heterocycles. The molecular weight excluding hydrogens is 312 g/mol. The maximum Gasteiger partial charge on any atom is 0.255 e. The number of carbonyl (C=O) groups is 1. The van der Waals surface area contributed by atoms with Crippen LogP contribution in [0.5, 0.6) is 0 Å². The number of hydrogen-bond acceptors (Lipinski definition) is 3. The summed E-state index contributed by atoms with van der Waals surface area (Å²) in [6, 6.07) is 11.7. The Kier molecular flexibility index (Phi) is 4.29. The molecule has 1 aliphatic heterocycles. The topological polar surface area (TPSA) is 51.0 Å². The van der Waals surface area contributed by atoms with E-state index in [9.17, 15) is 4.79 Å². The normalized spacial score (nSPS) is 17.4. The average Bonchev–Trinajstić information content (AvgIpc) is 3.23. The number of piperidine rings is 1. The molecule has 0 N–H and O–H groups in total. The lowest BCUT2D eigenvalue weighted by Crippen LogP contribution is -2.39. The van der Waals surface area contributed by atoms with Crippen molar-refractivity contribution < 1.29 is 4.79 Å². The predicted molar refractivity (Wildman–Crippen MR) is 95.7 cm³/mol. The monoisotopic (exact) mass is 332 g/mol. The molecule has 1 amide bonds. The van der Waals surface area contributed by atoms with E-state index in [1.807, 2.05) is 58.4 Å². The van der Waals surface area contributed by atoms with Crippen molar-refractivity contribution in [3.8, 4) is 5.82 Å². The number of pyridine rings is 2. The summed E-state index contributed by atoms with van der Waals surface area (Å²) in [5, 5.41) is 0.